The minimum absolute atomic E-state index is 0.000445. The fourth-order valence-corrected chi connectivity index (χ4v) is 4.66. The second-order valence-electron chi connectivity index (χ2n) is 5.01. The van der Waals surface area contributed by atoms with Gasteiger partial charge in [-0.05, 0) is 24.5 Å². The smallest absolute Gasteiger partial charge is 0.323 e. The number of halogens is 3. The number of sulfone groups is 1. The quantitative estimate of drug-likeness (QED) is 0.914. The van der Waals surface area contributed by atoms with Crippen molar-refractivity contribution in [3.05, 3.63) is 35.4 Å². The number of benzene rings is 1. The molecule has 112 valence electrons. The first-order valence-electron chi connectivity index (χ1n) is 6.37. The normalized spacial score (nSPS) is 24.3. The van der Waals surface area contributed by atoms with Crippen molar-refractivity contribution in [1.82, 2.24) is 0 Å². The average molecular weight is 307 g/mol. The Hall–Kier alpha value is -1.08. The summed E-state index contributed by atoms with van der Waals surface area (Å²) in [6, 6.07) is 3.77. The van der Waals surface area contributed by atoms with Crippen LogP contribution in [-0.2, 0) is 16.0 Å². The highest BCUT2D eigenvalue weighted by Gasteiger charge is 2.39. The Labute approximate surface area is 115 Å². The fourth-order valence-electron chi connectivity index (χ4n) is 2.63. The molecule has 1 aliphatic rings. The average Bonchev–Trinajstić information content (AvgIpc) is 2.36. The first-order chi connectivity index (χ1) is 9.23. The van der Waals surface area contributed by atoms with Gasteiger partial charge < -0.3 is 5.73 Å². The molecule has 0 saturated carbocycles. The van der Waals surface area contributed by atoms with Crippen LogP contribution in [0.1, 0.15) is 36.4 Å². The third-order valence-electron chi connectivity index (χ3n) is 3.65. The largest absolute Gasteiger partial charge is 0.416 e. The van der Waals surface area contributed by atoms with Crippen LogP contribution in [0.25, 0.3) is 0 Å². The molecule has 7 heteroatoms. The van der Waals surface area contributed by atoms with Gasteiger partial charge >= 0.3 is 6.18 Å². The molecule has 0 amide bonds. The number of alkyl halides is 3. The molecule has 0 aromatic heterocycles. The first-order valence-corrected chi connectivity index (χ1v) is 8.08. The third kappa shape index (κ3) is 2.98. The van der Waals surface area contributed by atoms with Gasteiger partial charge in [0.15, 0.2) is 9.84 Å². The lowest BCUT2D eigenvalue weighted by Gasteiger charge is -2.29. The molecule has 3 nitrogen and oxygen atoms in total. The molecule has 1 aromatic carbocycles. The van der Waals surface area contributed by atoms with Gasteiger partial charge in [0.05, 0.1) is 16.6 Å². The highest BCUT2D eigenvalue weighted by Crippen LogP contribution is 2.37. The van der Waals surface area contributed by atoms with Crippen molar-refractivity contribution in [2.24, 2.45) is 5.73 Å². The van der Waals surface area contributed by atoms with Crippen molar-refractivity contribution in [1.29, 1.82) is 0 Å². The SMILES string of the molecule is NC(c1ccccc1C(F)(F)F)C1CCCCS1(=O)=O. The Bertz CT molecular complexity index is 584. The summed E-state index contributed by atoms with van der Waals surface area (Å²) in [5.74, 6) is -0.000445. The molecule has 20 heavy (non-hydrogen) atoms. The van der Waals surface area contributed by atoms with Crippen LogP contribution in [0, 0.1) is 0 Å². The lowest BCUT2D eigenvalue weighted by Crippen LogP contribution is -2.38. The van der Waals surface area contributed by atoms with E-state index in [1.165, 1.54) is 18.2 Å². The lowest BCUT2D eigenvalue weighted by molar-refractivity contribution is -0.138. The van der Waals surface area contributed by atoms with Gasteiger partial charge in [0.25, 0.3) is 0 Å². The van der Waals surface area contributed by atoms with Gasteiger partial charge in [0.1, 0.15) is 0 Å². The molecule has 1 saturated heterocycles. The minimum Gasteiger partial charge on any atom is -0.323 e. The molecule has 0 spiro atoms. The van der Waals surface area contributed by atoms with Crippen molar-refractivity contribution in [2.45, 2.75) is 36.7 Å². The van der Waals surface area contributed by atoms with Crippen LogP contribution in [0.3, 0.4) is 0 Å². The van der Waals surface area contributed by atoms with Crippen LogP contribution in [0.2, 0.25) is 0 Å². The minimum atomic E-state index is -4.54. The predicted octanol–water partition coefficient (Wildman–Crippen LogP) is 2.67. The highest BCUT2D eigenvalue weighted by atomic mass is 32.2. The molecule has 1 aliphatic heterocycles. The summed E-state index contributed by atoms with van der Waals surface area (Å²) in [6.45, 7) is 0. The highest BCUT2D eigenvalue weighted by molar-refractivity contribution is 7.92. The molecule has 2 rings (SSSR count). The van der Waals surface area contributed by atoms with Gasteiger partial charge in [0, 0.05) is 6.04 Å². The van der Waals surface area contributed by atoms with E-state index in [1.807, 2.05) is 0 Å². The topological polar surface area (TPSA) is 60.2 Å². The summed E-state index contributed by atoms with van der Waals surface area (Å²) < 4.78 is 62.9. The van der Waals surface area contributed by atoms with Crippen molar-refractivity contribution >= 4 is 9.84 Å². The Kier molecular flexibility index (Phi) is 4.11. The van der Waals surface area contributed by atoms with Gasteiger partial charge in [-0.1, -0.05) is 24.6 Å². The summed E-state index contributed by atoms with van der Waals surface area (Å²) in [5.41, 5.74) is 4.87. The molecule has 1 aromatic rings. The van der Waals surface area contributed by atoms with E-state index in [9.17, 15) is 21.6 Å². The zero-order chi connectivity index (χ0) is 15.0. The fraction of sp³-hybridized carbons (Fsp3) is 0.538. The number of rotatable bonds is 2. The van der Waals surface area contributed by atoms with Crippen LogP contribution in [0.4, 0.5) is 13.2 Å². The van der Waals surface area contributed by atoms with Gasteiger partial charge in [-0.2, -0.15) is 13.2 Å². The van der Waals surface area contributed by atoms with Crippen LogP contribution in [-0.4, -0.2) is 19.4 Å². The maximum atomic E-state index is 13.0. The van der Waals surface area contributed by atoms with Gasteiger partial charge in [-0.3, -0.25) is 0 Å². The number of hydrogen-bond acceptors (Lipinski definition) is 3. The van der Waals surface area contributed by atoms with Gasteiger partial charge in [-0.25, -0.2) is 8.42 Å². The molecule has 2 N–H and O–H groups in total. The number of hydrogen-bond donors (Lipinski definition) is 1. The molecule has 0 radical (unpaired) electrons. The second-order valence-corrected chi connectivity index (χ2v) is 7.35. The van der Waals surface area contributed by atoms with Crippen LogP contribution in [0.5, 0.6) is 0 Å². The Morgan fingerprint density at radius 3 is 2.45 bits per heavy atom. The zero-order valence-electron chi connectivity index (χ0n) is 10.7. The molecule has 2 unspecified atom stereocenters. The summed E-state index contributed by atoms with van der Waals surface area (Å²) in [5, 5.41) is -0.931. The van der Waals surface area contributed by atoms with E-state index in [1.54, 1.807) is 0 Å². The van der Waals surface area contributed by atoms with Crippen molar-refractivity contribution in [3.8, 4) is 0 Å². The van der Waals surface area contributed by atoms with Crippen molar-refractivity contribution in [3.63, 3.8) is 0 Å². The van der Waals surface area contributed by atoms with Gasteiger partial charge in [0.2, 0.25) is 0 Å². The van der Waals surface area contributed by atoms with E-state index >= 15 is 0 Å². The van der Waals surface area contributed by atoms with E-state index in [0.29, 0.717) is 19.3 Å². The van der Waals surface area contributed by atoms with Crippen LogP contribution in [0.15, 0.2) is 24.3 Å². The molecule has 1 heterocycles. The standard InChI is InChI=1S/C13H16F3NO2S/c14-13(15,16)10-6-2-1-5-9(10)12(17)11-7-3-4-8-20(11,18)19/h1-2,5-6,11-12H,3-4,7-8,17H2. The lowest BCUT2D eigenvalue weighted by atomic mass is 9.95. The third-order valence-corrected chi connectivity index (χ3v) is 5.96. The second kappa shape index (κ2) is 5.37. The Morgan fingerprint density at radius 1 is 1.20 bits per heavy atom. The molecule has 0 bridgehead atoms. The van der Waals surface area contributed by atoms with Gasteiger partial charge in [-0.15, -0.1) is 0 Å². The Balaban J connectivity index is 2.41. The van der Waals surface area contributed by atoms with Crippen molar-refractivity contribution in [2.75, 3.05) is 5.75 Å². The summed E-state index contributed by atoms with van der Waals surface area (Å²) in [7, 11) is -3.43. The summed E-state index contributed by atoms with van der Waals surface area (Å²) in [6.07, 6.45) is -3.00. The summed E-state index contributed by atoms with van der Waals surface area (Å²) in [4.78, 5) is 0. The van der Waals surface area contributed by atoms with E-state index < -0.39 is 32.9 Å². The van der Waals surface area contributed by atoms with E-state index in [0.717, 1.165) is 6.07 Å². The van der Waals surface area contributed by atoms with E-state index in [4.69, 9.17) is 5.73 Å². The maximum absolute atomic E-state index is 13.0. The van der Waals surface area contributed by atoms with Crippen LogP contribution >= 0.6 is 0 Å². The maximum Gasteiger partial charge on any atom is 0.416 e. The van der Waals surface area contributed by atoms with E-state index in [-0.39, 0.29) is 11.3 Å². The molecular formula is C13H16F3NO2S. The number of nitrogens with two attached hydrogens (primary N) is 1. The molecular weight excluding hydrogens is 291 g/mol. The Morgan fingerprint density at radius 2 is 1.85 bits per heavy atom. The monoisotopic (exact) mass is 307 g/mol. The molecule has 1 fully saturated rings. The zero-order valence-corrected chi connectivity index (χ0v) is 11.5. The summed E-state index contributed by atoms with van der Waals surface area (Å²) >= 11 is 0. The van der Waals surface area contributed by atoms with E-state index in [2.05, 4.69) is 0 Å². The molecule has 2 atom stereocenters. The first kappa shape index (κ1) is 15.3. The molecule has 0 aliphatic carbocycles. The van der Waals surface area contributed by atoms with Crippen LogP contribution < -0.4 is 5.73 Å². The van der Waals surface area contributed by atoms with Crippen molar-refractivity contribution < 1.29 is 21.6 Å². The predicted molar refractivity (Wildman–Crippen MR) is 69.8 cm³/mol.